The van der Waals surface area contributed by atoms with E-state index in [-0.39, 0.29) is 11.8 Å². The van der Waals surface area contributed by atoms with Gasteiger partial charge in [0, 0.05) is 18.7 Å². The molecule has 0 bridgehead atoms. The van der Waals surface area contributed by atoms with Crippen LogP contribution in [0.1, 0.15) is 30.9 Å². The molecule has 0 radical (unpaired) electrons. The Morgan fingerprint density at radius 2 is 1.85 bits per heavy atom. The number of para-hydroxylation sites is 1. The van der Waals surface area contributed by atoms with E-state index in [2.05, 4.69) is 5.32 Å². The minimum atomic E-state index is -0.595. The summed E-state index contributed by atoms with van der Waals surface area (Å²) in [6.07, 6.45) is 2.58. The van der Waals surface area contributed by atoms with Crippen LogP contribution in [0.3, 0.4) is 0 Å². The summed E-state index contributed by atoms with van der Waals surface area (Å²) in [6.45, 7) is 2.54. The van der Waals surface area contributed by atoms with Gasteiger partial charge >= 0.3 is 0 Å². The van der Waals surface area contributed by atoms with Gasteiger partial charge in [-0.15, -0.1) is 0 Å². The van der Waals surface area contributed by atoms with Gasteiger partial charge in [-0.2, -0.15) is 0 Å². The van der Waals surface area contributed by atoms with Crippen LogP contribution in [0.2, 0.25) is 0 Å². The van der Waals surface area contributed by atoms with Gasteiger partial charge in [0.15, 0.2) is 6.10 Å². The predicted octanol–water partition coefficient (Wildman–Crippen LogP) is 3.32. The molecule has 0 fully saturated rings. The molecule has 2 aromatic carbocycles. The Morgan fingerprint density at radius 1 is 1.12 bits per heavy atom. The van der Waals surface area contributed by atoms with Crippen molar-refractivity contribution in [1.29, 1.82) is 0 Å². The highest BCUT2D eigenvalue weighted by Gasteiger charge is 2.30. The third-order valence-electron chi connectivity index (χ3n) is 4.97. The Kier molecular flexibility index (Phi) is 4.37. The van der Waals surface area contributed by atoms with E-state index in [0.29, 0.717) is 12.2 Å². The van der Waals surface area contributed by atoms with Crippen LogP contribution in [0.4, 0.5) is 11.4 Å². The summed E-state index contributed by atoms with van der Waals surface area (Å²) in [5.41, 5.74) is 4.14. The first-order chi connectivity index (χ1) is 12.6. The van der Waals surface area contributed by atoms with Crippen molar-refractivity contribution in [3.63, 3.8) is 0 Å². The van der Waals surface area contributed by atoms with Crippen molar-refractivity contribution in [3.8, 4) is 5.75 Å². The second-order valence-corrected chi connectivity index (χ2v) is 6.85. The Labute approximate surface area is 153 Å². The molecule has 2 aromatic rings. The predicted molar refractivity (Wildman–Crippen MR) is 101 cm³/mol. The summed E-state index contributed by atoms with van der Waals surface area (Å²) in [7, 11) is 0. The topological polar surface area (TPSA) is 58.6 Å². The molecular formula is C21H22N2O3. The van der Waals surface area contributed by atoms with Crippen LogP contribution in [0.15, 0.2) is 42.5 Å². The quantitative estimate of drug-likeness (QED) is 0.920. The minimum absolute atomic E-state index is 0.180. The standard InChI is InChI=1S/C21H22N2O3/c1-14(26-18-7-3-2-4-8-18)21(25)22-17-12-15-6-5-11-23-19(24)10-9-16(13-17)20(15)23/h2-4,7-8,12-14H,5-6,9-11H2,1H3,(H,22,25). The highest BCUT2D eigenvalue weighted by molar-refractivity contribution is 5.99. The lowest BCUT2D eigenvalue weighted by Crippen LogP contribution is -2.39. The van der Waals surface area contributed by atoms with Gasteiger partial charge < -0.3 is 15.0 Å². The SMILES string of the molecule is CC(Oc1ccccc1)C(=O)Nc1cc2c3c(c1)CCC(=O)N3CCC2. The van der Waals surface area contributed by atoms with Crippen LogP contribution >= 0.6 is 0 Å². The summed E-state index contributed by atoms with van der Waals surface area (Å²) in [6, 6.07) is 13.3. The number of benzene rings is 2. The molecule has 0 aliphatic carbocycles. The van der Waals surface area contributed by atoms with Crippen molar-refractivity contribution in [2.45, 2.75) is 38.7 Å². The highest BCUT2D eigenvalue weighted by atomic mass is 16.5. The molecule has 5 heteroatoms. The summed E-state index contributed by atoms with van der Waals surface area (Å²) < 4.78 is 5.69. The molecule has 26 heavy (non-hydrogen) atoms. The molecular weight excluding hydrogens is 328 g/mol. The smallest absolute Gasteiger partial charge is 0.265 e. The van der Waals surface area contributed by atoms with E-state index in [9.17, 15) is 9.59 Å². The molecule has 2 aliphatic rings. The number of nitrogens with one attached hydrogen (secondary N) is 1. The lowest BCUT2D eigenvalue weighted by molar-refractivity contribution is -0.122. The molecule has 5 nitrogen and oxygen atoms in total. The second kappa shape index (κ2) is 6.83. The van der Waals surface area contributed by atoms with Crippen LogP contribution in [-0.2, 0) is 22.4 Å². The number of hydrogen-bond donors (Lipinski definition) is 1. The van der Waals surface area contributed by atoms with Crippen molar-refractivity contribution in [2.75, 3.05) is 16.8 Å². The molecule has 2 aliphatic heterocycles. The Bertz CT molecular complexity index is 831. The van der Waals surface area contributed by atoms with Crippen LogP contribution in [-0.4, -0.2) is 24.5 Å². The zero-order chi connectivity index (χ0) is 18.1. The average molecular weight is 350 g/mol. The molecule has 4 rings (SSSR count). The number of carbonyl (C=O) groups excluding carboxylic acids is 2. The molecule has 1 unspecified atom stereocenters. The first-order valence-corrected chi connectivity index (χ1v) is 9.10. The van der Waals surface area contributed by atoms with E-state index < -0.39 is 6.10 Å². The zero-order valence-electron chi connectivity index (χ0n) is 14.8. The fraction of sp³-hybridized carbons (Fsp3) is 0.333. The van der Waals surface area contributed by atoms with Crippen LogP contribution < -0.4 is 15.0 Å². The largest absolute Gasteiger partial charge is 0.481 e. The van der Waals surface area contributed by atoms with Gasteiger partial charge in [-0.1, -0.05) is 18.2 Å². The summed E-state index contributed by atoms with van der Waals surface area (Å²) in [5, 5.41) is 2.97. The lowest BCUT2D eigenvalue weighted by Gasteiger charge is -2.35. The second-order valence-electron chi connectivity index (χ2n) is 6.85. The van der Waals surface area contributed by atoms with Gasteiger partial charge in [0.25, 0.3) is 5.91 Å². The fourth-order valence-corrected chi connectivity index (χ4v) is 3.73. The van der Waals surface area contributed by atoms with E-state index in [0.717, 1.165) is 48.3 Å². The third kappa shape index (κ3) is 3.17. The van der Waals surface area contributed by atoms with Gasteiger partial charge in [-0.25, -0.2) is 0 Å². The van der Waals surface area contributed by atoms with E-state index in [1.165, 1.54) is 0 Å². The monoisotopic (exact) mass is 350 g/mol. The van der Waals surface area contributed by atoms with Gasteiger partial charge in [0.2, 0.25) is 5.91 Å². The Morgan fingerprint density at radius 3 is 2.62 bits per heavy atom. The first kappa shape index (κ1) is 16.6. The van der Waals surface area contributed by atoms with Crippen molar-refractivity contribution in [3.05, 3.63) is 53.6 Å². The normalized spacial score (nSPS) is 16.7. The van der Waals surface area contributed by atoms with Crippen LogP contribution in [0.25, 0.3) is 0 Å². The number of carbonyl (C=O) groups is 2. The van der Waals surface area contributed by atoms with E-state index >= 15 is 0 Å². The molecule has 0 saturated heterocycles. The van der Waals surface area contributed by atoms with Gasteiger partial charge in [0.1, 0.15) is 5.75 Å². The van der Waals surface area contributed by atoms with Gasteiger partial charge in [-0.3, -0.25) is 9.59 Å². The number of amides is 2. The van der Waals surface area contributed by atoms with Crippen molar-refractivity contribution in [1.82, 2.24) is 0 Å². The molecule has 0 spiro atoms. The molecule has 0 aromatic heterocycles. The van der Waals surface area contributed by atoms with Crippen LogP contribution in [0, 0.1) is 0 Å². The third-order valence-corrected chi connectivity index (χ3v) is 4.97. The van der Waals surface area contributed by atoms with E-state index in [1.807, 2.05) is 47.4 Å². The number of rotatable bonds is 4. The van der Waals surface area contributed by atoms with Crippen molar-refractivity contribution >= 4 is 23.2 Å². The number of ether oxygens (including phenoxy) is 1. The van der Waals surface area contributed by atoms with Crippen molar-refractivity contribution < 1.29 is 14.3 Å². The number of anilines is 2. The Balaban J connectivity index is 1.52. The number of nitrogens with zero attached hydrogens (tertiary/aromatic N) is 1. The molecule has 0 saturated carbocycles. The fourth-order valence-electron chi connectivity index (χ4n) is 3.73. The minimum Gasteiger partial charge on any atom is -0.481 e. The van der Waals surface area contributed by atoms with Gasteiger partial charge in [0.05, 0.1) is 5.69 Å². The van der Waals surface area contributed by atoms with E-state index in [4.69, 9.17) is 4.74 Å². The van der Waals surface area contributed by atoms with Crippen molar-refractivity contribution in [2.24, 2.45) is 0 Å². The molecule has 2 amide bonds. The molecule has 1 N–H and O–H groups in total. The van der Waals surface area contributed by atoms with Gasteiger partial charge in [-0.05, 0) is 61.6 Å². The van der Waals surface area contributed by atoms with E-state index in [1.54, 1.807) is 6.92 Å². The maximum Gasteiger partial charge on any atom is 0.265 e. The summed E-state index contributed by atoms with van der Waals surface area (Å²) >= 11 is 0. The number of aryl methyl sites for hydroxylation is 2. The Hall–Kier alpha value is -2.82. The molecule has 1 atom stereocenters. The average Bonchev–Trinajstić information content (AvgIpc) is 2.65. The summed E-state index contributed by atoms with van der Waals surface area (Å²) in [5.74, 6) is 0.700. The number of hydrogen-bond acceptors (Lipinski definition) is 3. The first-order valence-electron chi connectivity index (χ1n) is 9.10. The maximum absolute atomic E-state index is 12.5. The lowest BCUT2D eigenvalue weighted by atomic mass is 9.91. The highest BCUT2D eigenvalue weighted by Crippen LogP contribution is 2.37. The zero-order valence-corrected chi connectivity index (χ0v) is 14.8. The maximum atomic E-state index is 12.5. The molecule has 2 heterocycles. The van der Waals surface area contributed by atoms with Crippen LogP contribution in [0.5, 0.6) is 5.75 Å². The molecule has 134 valence electrons. The summed E-state index contributed by atoms with van der Waals surface area (Å²) in [4.78, 5) is 26.6.